The lowest BCUT2D eigenvalue weighted by Gasteiger charge is -2.59. The van der Waals surface area contributed by atoms with Crippen molar-refractivity contribution < 1.29 is 9.90 Å². The predicted molar refractivity (Wildman–Crippen MR) is 116 cm³/mol. The van der Waals surface area contributed by atoms with Gasteiger partial charge in [-0.25, -0.2) is 0 Å². The summed E-state index contributed by atoms with van der Waals surface area (Å²) in [6.45, 7) is 9.01. The third-order valence-corrected chi connectivity index (χ3v) is 9.60. The number of hydrogen-bond donors (Lipinski definition) is 2. The number of rotatable bonds is 1. The Labute approximate surface area is 175 Å². The molecule has 0 bridgehead atoms. The van der Waals surface area contributed by atoms with E-state index in [1.54, 1.807) is 6.08 Å². The van der Waals surface area contributed by atoms with Gasteiger partial charge in [0.05, 0.1) is 0 Å². The number of aryl methyl sites for hydroxylation is 2. The summed E-state index contributed by atoms with van der Waals surface area (Å²) in [7, 11) is 0. The molecule has 7 atom stereocenters. The van der Waals surface area contributed by atoms with Crippen molar-refractivity contribution >= 4 is 5.91 Å². The molecule has 5 rings (SSSR count). The molecule has 3 nitrogen and oxygen atoms in total. The summed E-state index contributed by atoms with van der Waals surface area (Å²) in [6, 6.07) is 4.79. The summed E-state index contributed by atoms with van der Waals surface area (Å²) in [4.78, 5) is 11.9. The fourth-order valence-corrected chi connectivity index (χ4v) is 8.07. The topological polar surface area (TPSA) is 49.3 Å². The number of amides is 1. The van der Waals surface area contributed by atoms with Crippen LogP contribution in [0.3, 0.4) is 0 Å². The molecule has 0 aromatic heterocycles. The molecule has 0 spiro atoms. The van der Waals surface area contributed by atoms with Crippen LogP contribution in [0.2, 0.25) is 0 Å². The number of aromatic hydroxyl groups is 1. The molecule has 3 saturated carbocycles. The van der Waals surface area contributed by atoms with E-state index in [1.807, 2.05) is 13.8 Å². The highest BCUT2D eigenvalue weighted by atomic mass is 16.3. The normalized spacial score (nSPS) is 43.3. The summed E-state index contributed by atoms with van der Waals surface area (Å²) in [5, 5.41) is 13.5. The Morgan fingerprint density at radius 1 is 1.00 bits per heavy atom. The van der Waals surface area contributed by atoms with Crippen LogP contribution < -0.4 is 5.32 Å². The van der Waals surface area contributed by atoms with E-state index in [0.717, 1.165) is 29.4 Å². The van der Waals surface area contributed by atoms with Gasteiger partial charge in [0.2, 0.25) is 5.91 Å². The van der Waals surface area contributed by atoms with Gasteiger partial charge in [-0.3, -0.25) is 4.79 Å². The van der Waals surface area contributed by atoms with Crippen molar-refractivity contribution in [3.8, 4) is 5.75 Å². The average Bonchev–Trinajstić information content (AvgIpc) is 3.03. The molecule has 1 aliphatic heterocycles. The van der Waals surface area contributed by atoms with Gasteiger partial charge in [0, 0.05) is 11.5 Å². The number of nitrogens with one attached hydrogen (secondary N) is 1. The van der Waals surface area contributed by atoms with Gasteiger partial charge in [-0.15, -0.1) is 0 Å². The summed E-state index contributed by atoms with van der Waals surface area (Å²) < 4.78 is 0. The van der Waals surface area contributed by atoms with Crippen LogP contribution in [-0.4, -0.2) is 17.1 Å². The average molecular weight is 394 g/mol. The highest BCUT2D eigenvalue weighted by Crippen LogP contribution is 2.67. The van der Waals surface area contributed by atoms with Crippen molar-refractivity contribution in [2.24, 2.45) is 28.6 Å². The zero-order valence-corrected chi connectivity index (χ0v) is 18.3. The Morgan fingerprint density at radius 2 is 1.72 bits per heavy atom. The minimum atomic E-state index is 0.0885. The van der Waals surface area contributed by atoms with E-state index < -0.39 is 0 Å². The van der Waals surface area contributed by atoms with Crippen molar-refractivity contribution in [1.29, 1.82) is 0 Å². The van der Waals surface area contributed by atoms with E-state index in [2.05, 4.69) is 37.4 Å². The van der Waals surface area contributed by atoms with Crippen LogP contribution in [0.25, 0.3) is 0 Å². The number of phenolic OH excluding ortho intramolecular Hbond substituents is 1. The summed E-state index contributed by atoms with van der Waals surface area (Å²) >= 11 is 0. The van der Waals surface area contributed by atoms with Crippen LogP contribution in [0.1, 0.15) is 75.0 Å². The van der Waals surface area contributed by atoms with Gasteiger partial charge in [0.25, 0.3) is 0 Å². The largest absolute Gasteiger partial charge is 0.507 e. The first-order valence-electron chi connectivity index (χ1n) is 11.5. The maximum Gasteiger partial charge on any atom is 0.243 e. The number of carbonyl (C=O) groups excluding carboxylic acids is 1. The van der Waals surface area contributed by atoms with E-state index in [9.17, 15) is 9.90 Å². The number of benzene rings is 1. The molecule has 1 amide bonds. The van der Waals surface area contributed by atoms with Crippen LogP contribution in [0.4, 0.5) is 0 Å². The van der Waals surface area contributed by atoms with Gasteiger partial charge in [-0.2, -0.15) is 0 Å². The molecule has 1 aromatic rings. The maximum atomic E-state index is 11.9. The SMILES string of the molecule is Cc1cc([C@H]2CC[C@H]3[C@@H]4CC[C@H]5NC(=O)C=C[C@]5(C)[C@H]4CC[C@]23C)cc(C)c1O. The lowest BCUT2D eigenvalue weighted by molar-refractivity contribution is -0.122. The third-order valence-electron chi connectivity index (χ3n) is 9.60. The van der Waals surface area contributed by atoms with E-state index >= 15 is 0 Å². The van der Waals surface area contributed by atoms with E-state index in [4.69, 9.17) is 0 Å². The van der Waals surface area contributed by atoms with E-state index in [0.29, 0.717) is 29.0 Å². The van der Waals surface area contributed by atoms with E-state index in [-0.39, 0.29) is 11.3 Å². The number of fused-ring (bicyclic) bond motifs is 5. The number of carbonyl (C=O) groups is 1. The van der Waals surface area contributed by atoms with Crippen molar-refractivity contribution in [3.05, 3.63) is 41.0 Å². The fourth-order valence-electron chi connectivity index (χ4n) is 8.07. The number of phenols is 1. The summed E-state index contributed by atoms with van der Waals surface area (Å²) in [5.74, 6) is 3.35. The molecule has 0 unspecified atom stereocenters. The van der Waals surface area contributed by atoms with Crippen LogP contribution >= 0.6 is 0 Å². The third kappa shape index (κ3) is 2.65. The quantitative estimate of drug-likeness (QED) is 0.672. The highest BCUT2D eigenvalue weighted by molar-refractivity contribution is 5.89. The Balaban J connectivity index is 1.47. The Morgan fingerprint density at radius 3 is 2.45 bits per heavy atom. The molecule has 1 heterocycles. The first kappa shape index (κ1) is 19.2. The molecule has 3 aliphatic carbocycles. The zero-order valence-electron chi connectivity index (χ0n) is 18.3. The zero-order chi connectivity index (χ0) is 20.6. The van der Waals surface area contributed by atoms with Gasteiger partial charge in [-0.05, 0) is 104 Å². The van der Waals surface area contributed by atoms with Gasteiger partial charge < -0.3 is 10.4 Å². The molecular weight excluding hydrogens is 358 g/mol. The molecular formula is C26H35NO2. The van der Waals surface area contributed by atoms with Crippen molar-refractivity contribution in [2.45, 2.75) is 78.2 Å². The van der Waals surface area contributed by atoms with E-state index in [1.165, 1.54) is 37.7 Å². The molecule has 3 fully saturated rings. The summed E-state index contributed by atoms with van der Waals surface area (Å²) in [6.07, 6.45) is 11.5. The van der Waals surface area contributed by atoms with Gasteiger partial charge in [0.1, 0.15) is 5.75 Å². The van der Waals surface area contributed by atoms with Gasteiger partial charge in [-0.1, -0.05) is 32.1 Å². The predicted octanol–water partition coefficient (Wildman–Crippen LogP) is 5.39. The van der Waals surface area contributed by atoms with Crippen LogP contribution in [-0.2, 0) is 4.79 Å². The Kier molecular flexibility index (Phi) is 4.21. The second-order valence-electron chi connectivity index (χ2n) is 10.9. The fraction of sp³-hybridized carbons (Fsp3) is 0.654. The van der Waals surface area contributed by atoms with Crippen LogP contribution in [0.15, 0.2) is 24.3 Å². The molecule has 2 N–H and O–H groups in total. The minimum absolute atomic E-state index is 0.0885. The van der Waals surface area contributed by atoms with Crippen molar-refractivity contribution in [3.63, 3.8) is 0 Å². The maximum absolute atomic E-state index is 11.9. The van der Waals surface area contributed by atoms with Crippen molar-refractivity contribution in [1.82, 2.24) is 5.32 Å². The second-order valence-corrected chi connectivity index (χ2v) is 10.9. The Bertz CT molecular complexity index is 866. The summed E-state index contributed by atoms with van der Waals surface area (Å²) in [5.41, 5.74) is 3.92. The lowest BCUT2D eigenvalue weighted by Crippen LogP contribution is -2.59. The Hall–Kier alpha value is -1.77. The van der Waals surface area contributed by atoms with Crippen LogP contribution in [0, 0.1) is 42.4 Å². The molecule has 0 saturated heterocycles. The van der Waals surface area contributed by atoms with Gasteiger partial charge in [0.15, 0.2) is 0 Å². The molecule has 156 valence electrons. The van der Waals surface area contributed by atoms with Crippen LogP contribution in [0.5, 0.6) is 5.75 Å². The standard InChI is InChI=1S/C26H35NO2/c1-15-13-17(14-16(2)24(15)29)19-6-7-20-18-5-8-22-26(4,12-10-23(28)27-22)21(18)9-11-25(19,20)3/h10,12-14,18-22,29H,5-9,11H2,1-4H3,(H,27,28)/t18-,19+,20-,21-,22+,25+,26+/m0/s1. The first-order valence-corrected chi connectivity index (χ1v) is 11.5. The molecule has 3 heteroatoms. The highest BCUT2D eigenvalue weighted by Gasteiger charge is 2.59. The monoisotopic (exact) mass is 393 g/mol. The molecule has 4 aliphatic rings. The second kappa shape index (κ2) is 6.36. The molecule has 29 heavy (non-hydrogen) atoms. The molecule has 1 aromatic carbocycles. The number of hydrogen-bond acceptors (Lipinski definition) is 2. The minimum Gasteiger partial charge on any atom is -0.507 e. The van der Waals surface area contributed by atoms with Crippen molar-refractivity contribution in [2.75, 3.05) is 0 Å². The lowest BCUT2D eigenvalue weighted by atomic mass is 9.47. The smallest absolute Gasteiger partial charge is 0.243 e. The molecule has 0 radical (unpaired) electrons. The first-order chi connectivity index (χ1) is 13.7. The van der Waals surface area contributed by atoms with Gasteiger partial charge >= 0.3 is 0 Å².